The average molecular weight is 595 g/mol. The van der Waals surface area contributed by atoms with Crippen LogP contribution >= 0.6 is 11.6 Å². The number of hydrogen-bond acceptors (Lipinski definition) is 6. The van der Waals surface area contributed by atoms with Crippen molar-refractivity contribution < 1.29 is 32.9 Å². The zero-order chi connectivity index (χ0) is 30.1. The number of methoxy groups -OCH3 is 1. The summed E-state index contributed by atoms with van der Waals surface area (Å²) in [5.41, 5.74) is 0.689. The topological polar surface area (TPSA) is 63.2 Å². The van der Waals surface area contributed by atoms with Gasteiger partial charge < -0.3 is 23.7 Å². The summed E-state index contributed by atoms with van der Waals surface area (Å²) in [4.78, 5) is 13.5. The second kappa shape index (κ2) is 14.8. The molecule has 0 saturated carbocycles. The molecule has 0 fully saturated rings. The molecule has 0 aromatic heterocycles. The number of benzene rings is 4. The number of esters is 1. The van der Waals surface area contributed by atoms with Crippen molar-refractivity contribution in [1.82, 2.24) is 0 Å². The molecule has 4 aromatic carbocycles. The SMILES string of the molecule is CCCCCC(Oc1c(OCC)c(OCC)c(OC(=O)c2ccccc2OC)c2ccc(Cl)cc12)c1ccccc1F. The van der Waals surface area contributed by atoms with E-state index in [0.717, 1.165) is 19.3 Å². The summed E-state index contributed by atoms with van der Waals surface area (Å²) in [5, 5.41) is 1.49. The van der Waals surface area contributed by atoms with E-state index in [1.54, 1.807) is 60.7 Å². The maximum atomic E-state index is 15.1. The molecule has 0 radical (unpaired) electrons. The molecule has 222 valence electrons. The van der Waals surface area contributed by atoms with Crippen LogP contribution in [0.15, 0.2) is 66.7 Å². The summed E-state index contributed by atoms with van der Waals surface area (Å²) in [5.74, 6) is 0.319. The fourth-order valence-electron chi connectivity index (χ4n) is 4.82. The van der Waals surface area contributed by atoms with Crippen molar-refractivity contribution >= 4 is 28.3 Å². The molecule has 0 spiro atoms. The largest absolute Gasteiger partial charge is 0.496 e. The molecule has 6 nitrogen and oxygen atoms in total. The standard InChI is InChI=1S/C34H36ClFO6/c1-5-8-9-18-29(24-14-10-12-16-27(24)36)41-31-26-21-22(35)19-20-23(26)30(32(39-6-2)33(31)40-7-3)42-34(37)25-15-11-13-17-28(25)38-4/h10-17,19-21,29H,5-9,18H2,1-4H3. The zero-order valence-electron chi connectivity index (χ0n) is 24.4. The van der Waals surface area contributed by atoms with Gasteiger partial charge in [-0.15, -0.1) is 0 Å². The first-order chi connectivity index (χ1) is 20.4. The van der Waals surface area contributed by atoms with Crippen molar-refractivity contribution in [1.29, 1.82) is 0 Å². The second-order valence-corrected chi connectivity index (χ2v) is 10.0. The van der Waals surface area contributed by atoms with Gasteiger partial charge in [0.1, 0.15) is 23.2 Å². The van der Waals surface area contributed by atoms with E-state index in [0.29, 0.717) is 39.3 Å². The second-order valence-electron chi connectivity index (χ2n) is 9.59. The van der Waals surface area contributed by atoms with Gasteiger partial charge in [0.2, 0.25) is 11.5 Å². The first kappa shape index (κ1) is 31.0. The molecule has 1 atom stereocenters. The summed E-state index contributed by atoms with van der Waals surface area (Å²) in [7, 11) is 1.49. The minimum absolute atomic E-state index is 0.156. The number of halogens is 2. The monoisotopic (exact) mass is 594 g/mol. The molecule has 4 rings (SSSR count). The Kier molecular flexibility index (Phi) is 10.9. The van der Waals surface area contributed by atoms with Gasteiger partial charge in [-0.2, -0.15) is 0 Å². The van der Waals surface area contributed by atoms with Crippen molar-refractivity contribution in [2.24, 2.45) is 0 Å². The quantitative estimate of drug-likeness (QED) is 0.0823. The molecule has 42 heavy (non-hydrogen) atoms. The Bertz CT molecular complexity index is 1520. The smallest absolute Gasteiger partial charge is 0.347 e. The molecule has 0 saturated heterocycles. The van der Waals surface area contributed by atoms with Crippen LogP contribution in [-0.4, -0.2) is 26.3 Å². The lowest BCUT2D eigenvalue weighted by molar-refractivity contribution is 0.0726. The fraction of sp³-hybridized carbons (Fsp3) is 0.324. The number of unbranched alkanes of at least 4 members (excludes halogenated alkanes) is 2. The normalized spacial score (nSPS) is 11.7. The summed E-state index contributed by atoms with van der Waals surface area (Å²) >= 11 is 6.48. The number of rotatable bonds is 14. The molecule has 0 aliphatic heterocycles. The lowest BCUT2D eigenvalue weighted by Gasteiger charge is -2.26. The van der Waals surface area contributed by atoms with Crippen molar-refractivity contribution in [3.05, 3.63) is 88.7 Å². The third-order valence-corrected chi connectivity index (χ3v) is 7.01. The van der Waals surface area contributed by atoms with E-state index >= 15 is 4.39 Å². The zero-order valence-corrected chi connectivity index (χ0v) is 25.1. The predicted molar refractivity (Wildman–Crippen MR) is 163 cm³/mol. The molecule has 8 heteroatoms. The number of hydrogen-bond donors (Lipinski definition) is 0. The van der Waals surface area contributed by atoms with E-state index in [-0.39, 0.29) is 41.8 Å². The number of fused-ring (bicyclic) bond motifs is 1. The minimum Gasteiger partial charge on any atom is -0.496 e. The van der Waals surface area contributed by atoms with Gasteiger partial charge >= 0.3 is 5.97 Å². The summed E-state index contributed by atoms with van der Waals surface area (Å²) in [6.45, 7) is 6.29. The van der Waals surface area contributed by atoms with Crippen molar-refractivity contribution in [2.45, 2.75) is 52.6 Å². The molecule has 0 heterocycles. The van der Waals surface area contributed by atoms with Crippen LogP contribution in [-0.2, 0) is 0 Å². The van der Waals surface area contributed by atoms with Gasteiger partial charge in [0.15, 0.2) is 11.5 Å². The third-order valence-electron chi connectivity index (χ3n) is 6.77. The average Bonchev–Trinajstić information content (AvgIpc) is 3.00. The highest BCUT2D eigenvalue weighted by atomic mass is 35.5. The van der Waals surface area contributed by atoms with Gasteiger partial charge in [0.05, 0.1) is 20.3 Å². The molecule has 0 amide bonds. The molecule has 4 aromatic rings. The maximum absolute atomic E-state index is 15.1. The molecular formula is C34H36ClFO6. The van der Waals surface area contributed by atoms with E-state index in [1.807, 2.05) is 13.8 Å². The van der Waals surface area contributed by atoms with Gasteiger partial charge in [-0.3, -0.25) is 0 Å². The van der Waals surface area contributed by atoms with E-state index in [9.17, 15) is 4.79 Å². The Balaban J connectivity index is 1.93. The number of para-hydroxylation sites is 1. The van der Waals surface area contributed by atoms with Crippen LogP contribution in [0.5, 0.6) is 28.7 Å². The fourth-order valence-corrected chi connectivity index (χ4v) is 4.99. The Morgan fingerprint density at radius 2 is 1.52 bits per heavy atom. The predicted octanol–water partition coefficient (Wildman–Crippen LogP) is 9.36. The first-order valence-corrected chi connectivity index (χ1v) is 14.6. The Hall–Kier alpha value is -3.97. The molecule has 0 aliphatic rings. The molecule has 1 unspecified atom stereocenters. The maximum Gasteiger partial charge on any atom is 0.347 e. The van der Waals surface area contributed by atoms with E-state index in [2.05, 4.69) is 6.92 Å². The third kappa shape index (κ3) is 6.90. The molecule has 0 bridgehead atoms. The van der Waals surface area contributed by atoms with Gasteiger partial charge in [-0.25, -0.2) is 9.18 Å². The molecule has 0 N–H and O–H groups in total. The van der Waals surface area contributed by atoms with E-state index < -0.39 is 12.1 Å². The van der Waals surface area contributed by atoms with Crippen molar-refractivity contribution in [3.63, 3.8) is 0 Å². The number of ether oxygens (including phenoxy) is 5. The summed E-state index contributed by atoms with van der Waals surface area (Å²) in [6, 6.07) is 18.6. The Morgan fingerprint density at radius 1 is 0.833 bits per heavy atom. The van der Waals surface area contributed by atoms with Gasteiger partial charge in [-0.1, -0.05) is 61.7 Å². The van der Waals surface area contributed by atoms with Crippen LogP contribution in [0.3, 0.4) is 0 Å². The number of carbonyl (C=O) groups excluding carboxylic acids is 1. The highest BCUT2D eigenvalue weighted by Crippen LogP contribution is 2.53. The van der Waals surface area contributed by atoms with Crippen LogP contribution in [0.1, 0.15) is 68.5 Å². The number of carbonyl (C=O) groups is 1. The summed E-state index contributed by atoms with van der Waals surface area (Å²) < 4.78 is 45.4. The van der Waals surface area contributed by atoms with E-state index in [1.165, 1.54) is 13.2 Å². The van der Waals surface area contributed by atoms with Gasteiger partial charge in [0, 0.05) is 21.4 Å². The molecule has 0 aliphatic carbocycles. The lowest BCUT2D eigenvalue weighted by Crippen LogP contribution is -2.14. The highest BCUT2D eigenvalue weighted by molar-refractivity contribution is 6.31. The van der Waals surface area contributed by atoms with Crippen LogP contribution in [0.25, 0.3) is 10.8 Å². The first-order valence-electron chi connectivity index (χ1n) is 14.2. The van der Waals surface area contributed by atoms with E-state index in [4.69, 9.17) is 35.3 Å². The van der Waals surface area contributed by atoms with Crippen LogP contribution in [0, 0.1) is 5.82 Å². The minimum atomic E-state index is -0.635. The van der Waals surface area contributed by atoms with Crippen LogP contribution in [0.4, 0.5) is 4.39 Å². The summed E-state index contributed by atoms with van der Waals surface area (Å²) in [6.07, 6.45) is 2.78. The van der Waals surface area contributed by atoms with Crippen LogP contribution < -0.4 is 23.7 Å². The molecular weight excluding hydrogens is 559 g/mol. The van der Waals surface area contributed by atoms with Crippen LogP contribution in [0.2, 0.25) is 5.02 Å². The van der Waals surface area contributed by atoms with Crippen molar-refractivity contribution in [3.8, 4) is 28.7 Å². The lowest BCUT2D eigenvalue weighted by atomic mass is 10.0. The Labute approximate surface area is 251 Å². The highest BCUT2D eigenvalue weighted by Gasteiger charge is 2.30. The van der Waals surface area contributed by atoms with Gasteiger partial charge in [-0.05, 0) is 63.1 Å². The van der Waals surface area contributed by atoms with Crippen molar-refractivity contribution in [2.75, 3.05) is 20.3 Å². The Morgan fingerprint density at radius 3 is 2.21 bits per heavy atom. The van der Waals surface area contributed by atoms with Gasteiger partial charge in [0.25, 0.3) is 0 Å².